The molecule has 1 aliphatic rings. The summed E-state index contributed by atoms with van der Waals surface area (Å²) in [7, 11) is 4.43. The molecule has 0 aromatic heterocycles. The Labute approximate surface area is 130 Å². The summed E-state index contributed by atoms with van der Waals surface area (Å²) in [6.45, 7) is 8.88. The van der Waals surface area contributed by atoms with Gasteiger partial charge < -0.3 is 15.5 Å². The number of likely N-dealkylation sites (N-methyl/N-ethyl adjacent to an activating group) is 1. The molecule has 0 bridgehead atoms. The van der Waals surface area contributed by atoms with Gasteiger partial charge in [-0.05, 0) is 70.9 Å². The highest BCUT2D eigenvalue weighted by molar-refractivity contribution is 5.32. The van der Waals surface area contributed by atoms with Crippen molar-refractivity contribution in [3.05, 3.63) is 34.9 Å². The minimum absolute atomic E-state index is 0.112. The lowest BCUT2D eigenvalue weighted by molar-refractivity contribution is 0.172. The summed E-state index contributed by atoms with van der Waals surface area (Å²) in [6, 6.07) is 6.69. The van der Waals surface area contributed by atoms with Crippen LogP contribution in [0.4, 0.5) is 0 Å². The van der Waals surface area contributed by atoms with Gasteiger partial charge in [-0.3, -0.25) is 0 Å². The molecule has 0 amide bonds. The first-order valence-corrected chi connectivity index (χ1v) is 8.15. The van der Waals surface area contributed by atoms with Crippen molar-refractivity contribution in [2.45, 2.75) is 32.7 Å². The van der Waals surface area contributed by atoms with E-state index in [1.54, 1.807) is 0 Å². The zero-order chi connectivity index (χ0) is 15.4. The SMILES string of the molecule is Cc1ccc(C)c(C(N)CN(C)CC2CCN(C)CC2)c1. The summed E-state index contributed by atoms with van der Waals surface area (Å²) in [4.78, 5) is 4.85. The molecule has 0 aliphatic carbocycles. The molecule has 2 N–H and O–H groups in total. The van der Waals surface area contributed by atoms with Crippen molar-refractivity contribution in [2.24, 2.45) is 11.7 Å². The number of benzene rings is 1. The van der Waals surface area contributed by atoms with Crippen LogP contribution in [0.3, 0.4) is 0 Å². The second-order valence-electron chi connectivity index (χ2n) is 6.93. The van der Waals surface area contributed by atoms with E-state index in [0.29, 0.717) is 0 Å². The zero-order valence-electron chi connectivity index (χ0n) is 14.1. The fraction of sp³-hybridized carbons (Fsp3) is 0.667. The summed E-state index contributed by atoms with van der Waals surface area (Å²) in [5, 5.41) is 0. The maximum absolute atomic E-state index is 6.44. The summed E-state index contributed by atoms with van der Waals surface area (Å²) < 4.78 is 0. The van der Waals surface area contributed by atoms with E-state index in [9.17, 15) is 0 Å². The lowest BCUT2D eigenvalue weighted by atomic mass is 9.95. The number of piperidine rings is 1. The molecular formula is C18H31N3. The van der Waals surface area contributed by atoms with Crippen LogP contribution in [0, 0.1) is 19.8 Å². The molecule has 118 valence electrons. The fourth-order valence-corrected chi connectivity index (χ4v) is 3.35. The van der Waals surface area contributed by atoms with Gasteiger partial charge in [-0.25, -0.2) is 0 Å². The number of likely N-dealkylation sites (tertiary alicyclic amines) is 1. The number of nitrogens with two attached hydrogens (primary N) is 1. The summed E-state index contributed by atoms with van der Waals surface area (Å²) in [6.07, 6.45) is 2.64. The molecule has 0 radical (unpaired) electrons. The third-order valence-corrected chi connectivity index (χ3v) is 4.75. The van der Waals surface area contributed by atoms with Gasteiger partial charge in [-0.1, -0.05) is 23.8 Å². The first kappa shape index (κ1) is 16.5. The van der Waals surface area contributed by atoms with Crippen LogP contribution in [0.5, 0.6) is 0 Å². The van der Waals surface area contributed by atoms with E-state index in [-0.39, 0.29) is 6.04 Å². The monoisotopic (exact) mass is 289 g/mol. The number of hydrogen-bond donors (Lipinski definition) is 1. The van der Waals surface area contributed by atoms with Crippen molar-refractivity contribution in [1.29, 1.82) is 0 Å². The van der Waals surface area contributed by atoms with E-state index in [0.717, 1.165) is 12.5 Å². The Morgan fingerprint density at radius 2 is 1.95 bits per heavy atom. The van der Waals surface area contributed by atoms with Gasteiger partial charge in [0.05, 0.1) is 0 Å². The molecule has 1 aromatic rings. The largest absolute Gasteiger partial charge is 0.323 e. The summed E-state index contributed by atoms with van der Waals surface area (Å²) >= 11 is 0. The first-order chi connectivity index (χ1) is 9.95. The van der Waals surface area contributed by atoms with E-state index in [2.05, 4.69) is 55.9 Å². The van der Waals surface area contributed by atoms with E-state index >= 15 is 0 Å². The molecule has 3 nitrogen and oxygen atoms in total. The normalized spacial score (nSPS) is 19.1. The first-order valence-electron chi connectivity index (χ1n) is 8.15. The molecule has 0 spiro atoms. The minimum Gasteiger partial charge on any atom is -0.323 e. The molecule has 1 atom stereocenters. The lowest BCUT2D eigenvalue weighted by Crippen LogP contribution is -2.38. The van der Waals surface area contributed by atoms with Gasteiger partial charge in [0.15, 0.2) is 0 Å². The van der Waals surface area contributed by atoms with Crippen molar-refractivity contribution in [3.63, 3.8) is 0 Å². The highest BCUT2D eigenvalue weighted by Gasteiger charge is 2.19. The molecule has 1 aromatic carbocycles. The second kappa shape index (κ2) is 7.39. The van der Waals surface area contributed by atoms with Gasteiger partial charge in [0.25, 0.3) is 0 Å². The molecule has 1 fully saturated rings. The Kier molecular flexibility index (Phi) is 5.80. The van der Waals surface area contributed by atoms with Crippen LogP contribution >= 0.6 is 0 Å². The van der Waals surface area contributed by atoms with Crippen LogP contribution in [-0.2, 0) is 0 Å². The predicted molar refractivity (Wildman–Crippen MR) is 90.6 cm³/mol. The molecule has 0 saturated carbocycles. The topological polar surface area (TPSA) is 32.5 Å². The Morgan fingerprint density at radius 3 is 2.62 bits per heavy atom. The molecule has 3 heteroatoms. The molecule has 2 rings (SSSR count). The van der Waals surface area contributed by atoms with Crippen LogP contribution in [0.15, 0.2) is 18.2 Å². The van der Waals surface area contributed by atoms with Crippen molar-refractivity contribution in [3.8, 4) is 0 Å². The maximum atomic E-state index is 6.44. The number of aryl methyl sites for hydroxylation is 2. The second-order valence-corrected chi connectivity index (χ2v) is 6.93. The standard InChI is InChI=1S/C18H31N3/c1-14-5-6-15(2)17(11-14)18(19)13-21(4)12-16-7-9-20(3)10-8-16/h5-6,11,16,18H,7-10,12-13,19H2,1-4H3. The number of hydrogen-bond acceptors (Lipinski definition) is 3. The van der Waals surface area contributed by atoms with Crippen LogP contribution in [-0.4, -0.2) is 50.1 Å². The molecule has 1 heterocycles. The Hall–Kier alpha value is -0.900. The fourth-order valence-electron chi connectivity index (χ4n) is 3.35. The minimum atomic E-state index is 0.112. The van der Waals surface area contributed by atoms with Crippen molar-refractivity contribution in [2.75, 3.05) is 40.3 Å². The van der Waals surface area contributed by atoms with Crippen molar-refractivity contribution < 1.29 is 0 Å². The van der Waals surface area contributed by atoms with Gasteiger partial charge in [-0.2, -0.15) is 0 Å². The van der Waals surface area contributed by atoms with E-state index in [1.807, 2.05) is 0 Å². The highest BCUT2D eigenvalue weighted by Crippen LogP contribution is 2.20. The third-order valence-electron chi connectivity index (χ3n) is 4.75. The van der Waals surface area contributed by atoms with Gasteiger partial charge in [0, 0.05) is 19.1 Å². The maximum Gasteiger partial charge on any atom is 0.0426 e. The number of rotatable bonds is 5. The molecular weight excluding hydrogens is 258 g/mol. The van der Waals surface area contributed by atoms with Crippen LogP contribution in [0.25, 0.3) is 0 Å². The van der Waals surface area contributed by atoms with E-state index < -0.39 is 0 Å². The van der Waals surface area contributed by atoms with Crippen molar-refractivity contribution >= 4 is 0 Å². The Bertz CT molecular complexity index is 450. The van der Waals surface area contributed by atoms with Crippen LogP contribution in [0.1, 0.15) is 35.6 Å². The van der Waals surface area contributed by atoms with E-state index in [1.165, 1.54) is 49.2 Å². The molecule has 1 unspecified atom stereocenters. The number of nitrogens with zero attached hydrogens (tertiary/aromatic N) is 2. The quantitative estimate of drug-likeness (QED) is 0.904. The highest BCUT2D eigenvalue weighted by atomic mass is 15.1. The predicted octanol–water partition coefficient (Wildman–Crippen LogP) is 2.58. The van der Waals surface area contributed by atoms with Gasteiger partial charge in [-0.15, -0.1) is 0 Å². The molecule has 1 aliphatic heterocycles. The lowest BCUT2D eigenvalue weighted by Gasteiger charge is -2.32. The third kappa shape index (κ3) is 4.80. The zero-order valence-corrected chi connectivity index (χ0v) is 14.1. The van der Waals surface area contributed by atoms with Crippen molar-refractivity contribution in [1.82, 2.24) is 9.80 Å². The van der Waals surface area contributed by atoms with Gasteiger partial charge in [0.2, 0.25) is 0 Å². The molecule has 1 saturated heterocycles. The average Bonchev–Trinajstić information content (AvgIpc) is 2.44. The van der Waals surface area contributed by atoms with Gasteiger partial charge in [0.1, 0.15) is 0 Å². The Balaban J connectivity index is 1.87. The summed E-state index contributed by atoms with van der Waals surface area (Å²) in [5.41, 5.74) is 10.3. The van der Waals surface area contributed by atoms with Crippen LogP contribution < -0.4 is 5.73 Å². The van der Waals surface area contributed by atoms with Gasteiger partial charge >= 0.3 is 0 Å². The molecule has 21 heavy (non-hydrogen) atoms. The van der Waals surface area contributed by atoms with Crippen LogP contribution in [0.2, 0.25) is 0 Å². The average molecular weight is 289 g/mol. The van der Waals surface area contributed by atoms with E-state index in [4.69, 9.17) is 5.73 Å². The summed E-state index contributed by atoms with van der Waals surface area (Å²) in [5.74, 6) is 0.831. The Morgan fingerprint density at radius 1 is 1.29 bits per heavy atom. The smallest absolute Gasteiger partial charge is 0.0426 e.